The van der Waals surface area contributed by atoms with Gasteiger partial charge in [-0.15, -0.1) is 0 Å². The number of halogens is 2. The Morgan fingerprint density at radius 2 is 2.00 bits per heavy atom. The topological polar surface area (TPSA) is 75.1 Å². The van der Waals surface area contributed by atoms with E-state index in [1.807, 2.05) is 6.92 Å². The predicted octanol–water partition coefficient (Wildman–Crippen LogP) is 3.53. The highest BCUT2D eigenvalue weighted by Gasteiger charge is 2.10. The van der Waals surface area contributed by atoms with Crippen molar-refractivity contribution >= 4 is 40.7 Å². The van der Waals surface area contributed by atoms with Gasteiger partial charge in [-0.3, -0.25) is 0 Å². The quantitative estimate of drug-likeness (QED) is 0.906. The molecule has 0 aliphatic carbocycles. The van der Waals surface area contributed by atoms with E-state index in [1.165, 1.54) is 6.20 Å². The number of anilines is 2. The summed E-state index contributed by atoms with van der Waals surface area (Å²) in [7, 11) is 0. The molecule has 7 heteroatoms. The van der Waals surface area contributed by atoms with Gasteiger partial charge in [-0.05, 0) is 18.6 Å². The fourth-order valence-electron chi connectivity index (χ4n) is 1.40. The van der Waals surface area contributed by atoms with Crippen LogP contribution >= 0.6 is 23.2 Å². The molecule has 0 saturated heterocycles. The van der Waals surface area contributed by atoms with Crippen LogP contribution in [-0.2, 0) is 0 Å². The Kier molecular flexibility index (Phi) is 3.87. The summed E-state index contributed by atoms with van der Waals surface area (Å²) in [5.41, 5.74) is 1.25. The normalized spacial score (nSPS) is 10.3. The summed E-state index contributed by atoms with van der Waals surface area (Å²) in [6.07, 6.45) is 2.46. The Morgan fingerprint density at radius 1 is 1.26 bits per heavy atom. The molecule has 0 atom stereocenters. The van der Waals surface area contributed by atoms with Crippen LogP contribution in [0.25, 0.3) is 0 Å². The van der Waals surface area contributed by atoms with Gasteiger partial charge in [-0.2, -0.15) is 0 Å². The number of nitrogens with zero attached hydrogens (tertiary/aromatic N) is 2. The summed E-state index contributed by atoms with van der Waals surface area (Å²) < 4.78 is 0. The third-order valence-electron chi connectivity index (χ3n) is 2.41. The van der Waals surface area contributed by atoms with Crippen molar-refractivity contribution < 1.29 is 9.90 Å². The Morgan fingerprint density at radius 3 is 2.58 bits per heavy atom. The SMILES string of the molecule is Cc1ccc(Cl)c(Nc2cnc(C(=O)O)cn2)c1Cl. The first-order valence-corrected chi connectivity index (χ1v) is 6.01. The lowest BCUT2D eigenvalue weighted by atomic mass is 10.2. The van der Waals surface area contributed by atoms with E-state index in [1.54, 1.807) is 12.1 Å². The number of aromatic carboxylic acids is 1. The molecule has 0 amide bonds. The highest BCUT2D eigenvalue weighted by Crippen LogP contribution is 2.34. The van der Waals surface area contributed by atoms with Crippen molar-refractivity contribution in [3.8, 4) is 0 Å². The van der Waals surface area contributed by atoms with Crippen LogP contribution < -0.4 is 5.32 Å². The number of rotatable bonds is 3. The first kappa shape index (κ1) is 13.6. The molecule has 2 N–H and O–H groups in total. The second kappa shape index (κ2) is 5.42. The minimum absolute atomic E-state index is 0.132. The van der Waals surface area contributed by atoms with E-state index in [4.69, 9.17) is 28.3 Å². The minimum Gasteiger partial charge on any atom is -0.476 e. The van der Waals surface area contributed by atoms with Gasteiger partial charge in [0.2, 0.25) is 0 Å². The van der Waals surface area contributed by atoms with Crippen molar-refractivity contribution in [1.82, 2.24) is 9.97 Å². The molecule has 0 spiro atoms. The number of nitrogens with one attached hydrogen (secondary N) is 1. The maximum Gasteiger partial charge on any atom is 0.356 e. The number of carboxylic acid groups (broad SMARTS) is 1. The van der Waals surface area contributed by atoms with Gasteiger partial charge >= 0.3 is 5.97 Å². The summed E-state index contributed by atoms with van der Waals surface area (Å²) in [5.74, 6) is -0.773. The Hall–Kier alpha value is -1.85. The van der Waals surface area contributed by atoms with Crippen molar-refractivity contribution in [2.45, 2.75) is 6.92 Å². The Labute approximate surface area is 119 Å². The van der Waals surface area contributed by atoms with Crippen molar-refractivity contribution in [1.29, 1.82) is 0 Å². The van der Waals surface area contributed by atoms with Crippen molar-refractivity contribution in [3.63, 3.8) is 0 Å². The minimum atomic E-state index is -1.13. The van der Waals surface area contributed by atoms with Gasteiger partial charge in [0.15, 0.2) is 5.69 Å². The van der Waals surface area contributed by atoms with Crippen molar-refractivity contribution in [2.75, 3.05) is 5.32 Å². The molecule has 0 fully saturated rings. The van der Waals surface area contributed by atoms with Crippen LogP contribution in [0.3, 0.4) is 0 Å². The van der Waals surface area contributed by atoms with Gasteiger partial charge < -0.3 is 10.4 Å². The third kappa shape index (κ3) is 2.94. The van der Waals surface area contributed by atoms with Crippen molar-refractivity contribution in [2.24, 2.45) is 0 Å². The van der Waals surface area contributed by atoms with Gasteiger partial charge in [0.05, 0.1) is 28.1 Å². The van der Waals surface area contributed by atoms with Crippen LogP contribution in [0.5, 0.6) is 0 Å². The first-order valence-electron chi connectivity index (χ1n) is 5.26. The molecule has 0 saturated carbocycles. The number of hydrogen-bond donors (Lipinski definition) is 2. The molecule has 0 bridgehead atoms. The molecular weight excluding hydrogens is 289 g/mol. The molecule has 2 aromatic rings. The fraction of sp³-hybridized carbons (Fsp3) is 0.0833. The monoisotopic (exact) mass is 297 g/mol. The summed E-state index contributed by atoms with van der Waals surface area (Å²) in [5, 5.41) is 12.6. The average Bonchev–Trinajstić information content (AvgIpc) is 2.40. The highest BCUT2D eigenvalue weighted by molar-refractivity contribution is 6.39. The lowest BCUT2D eigenvalue weighted by Gasteiger charge is -2.11. The van der Waals surface area contributed by atoms with E-state index < -0.39 is 5.97 Å². The molecule has 0 radical (unpaired) electrons. The molecular formula is C12H9Cl2N3O2. The zero-order valence-corrected chi connectivity index (χ0v) is 11.3. The highest BCUT2D eigenvalue weighted by atomic mass is 35.5. The lowest BCUT2D eigenvalue weighted by Crippen LogP contribution is -2.03. The molecule has 0 aliphatic heterocycles. The van der Waals surface area contributed by atoms with E-state index in [9.17, 15) is 4.79 Å². The first-order chi connectivity index (χ1) is 8.99. The maximum absolute atomic E-state index is 10.7. The maximum atomic E-state index is 10.7. The Bertz CT molecular complexity index is 630. The van der Waals surface area contributed by atoms with Crippen LogP contribution in [0.2, 0.25) is 10.0 Å². The van der Waals surface area contributed by atoms with Gasteiger partial charge in [-0.1, -0.05) is 29.3 Å². The van der Waals surface area contributed by atoms with Gasteiger partial charge in [0.25, 0.3) is 0 Å². The predicted molar refractivity (Wildman–Crippen MR) is 73.5 cm³/mol. The number of aromatic nitrogens is 2. The standard InChI is InChI=1S/C12H9Cl2N3O2/c1-6-2-3-7(13)11(10(6)14)17-9-5-15-8(4-16-9)12(18)19/h2-5H,1H3,(H,16,17)(H,18,19). The van der Waals surface area contributed by atoms with Crippen molar-refractivity contribution in [3.05, 3.63) is 45.8 Å². The van der Waals surface area contributed by atoms with E-state index in [2.05, 4.69) is 15.3 Å². The summed E-state index contributed by atoms with van der Waals surface area (Å²) in [6.45, 7) is 1.85. The van der Waals surface area contributed by atoms with Crippen LogP contribution in [0.15, 0.2) is 24.5 Å². The Balaban J connectivity index is 2.31. The van der Waals surface area contributed by atoms with Gasteiger partial charge in [-0.25, -0.2) is 14.8 Å². The summed E-state index contributed by atoms with van der Waals surface area (Å²) in [6, 6.07) is 3.51. The molecule has 1 heterocycles. The smallest absolute Gasteiger partial charge is 0.356 e. The van der Waals surface area contributed by atoms with Gasteiger partial charge in [0, 0.05) is 0 Å². The van der Waals surface area contributed by atoms with Crippen LogP contribution in [0, 0.1) is 6.92 Å². The summed E-state index contributed by atoms with van der Waals surface area (Å²) >= 11 is 12.2. The second-order valence-corrected chi connectivity index (χ2v) is 4.56. The van der Waals surface area contributed by atoms with Crippen LogP contribution in [0.4, 0.5) is 11.5 Å². The van der Waals surface area contributed by atoms with E-state index in [0.29, 0.717) is 21.6 Å². The van der Waals surface area contributed by atoms with E-state index >= 15 is 0 Å². The molecule has 0 unspecified atom stereocenters. The molecule has 5 nitrogen and oxygen atoms in total. The zero-order valence-electron chi connectivity index (χ0n) is 9.82. The van der Waals surface area contributed by atoms with Crippen LogP contribution in [0.1, 0.15) is 16.1 Å². The average molecular weight is 298 g/mol. The molecule has 2 rings (SSSR count). The zero-order chi connectivity index (χ0) is 14.0. The summed E-state index contributed by atoms with van der Waals surface area (Å²) in [4.78, 5) is 18.3. The van der Waals surface area contributed by atoms with Crippen LogP contribution in [-0.4, -0.2) is 21.0 Å². The molecule has 0 aliphatic rings. The number of carbonyl (C=O) groups is 1. The third-order valence-corrected chi connectivity index (χ3v) is 3.21. The van der Waals surface area contributed by atoms with E-state index in [-0.39, 0.29) is 5.69 Å². The molecule has 1 aromatic heterocycles. The lowest BCUT2D eigenvalue weighted by molar-refractivity contribution is 0.0690. The molecule has 1 aromatic carbocycles. The number of aryl methyl sites for hydroxylation is 1. The fourth-order valence-corrected chi connectivity index (χ4v) is 1.87. The molecule has 98 valence electrons. The number of hydrogen-bond acceptors (Lipinski definition) is 4. The number of carboxylic acids is 1. The van der Waals surface area contributed by atoms with E-state index in [0.717, 1.165) is 11.8 Å². The second-order valence-electron chi connectivity index (χ2n) is 3.77. The largest absolute Gasteiger partial charge is 0.476 e. The van der Waals surface area contributed by atoms with Gasteiger partial charge in [0.1, 0.15) is 5.82 Å². The molecule has 19 heavy (non-hydrogen) atoms. The number of benzene rings is 1.